The highest BCUT2D eigenvalue weighted by Gasteiger charge is 2.20. The highest BCUT2D eigenvalue weighted by molar-refractivity contribution is 5.82. The average Bonchev–Trinajstić information content (AvgIpc) is 2.20. The number of nitrogens with one attached hydrogen (secondary N) is 2. The summed E-state index contributed by atoms with van der Waals surface area (Å²) < 4.78 is 5.06. The van der Waals surface area contributed by atoms with E-state index >= 15 is 0 Å². The minimum atomic E-state index is -0.0681. The molecule has 5 heteroatoms. The van der Waals surface area contributed by atoms with Crippen molar-refractivity contribution in [2.75, 3.05) is 32.9 Å². The topological polar surface area (TPSA) is 70.6 Å². The van der Waals surface area contributed by atoms with E-state index in [2.05, 4.69) is 10.6 Å². The SMILES string of the molecule is O=C1NCCCC1NCCOCCO. The van der Waals surface area contributed by atoms with Crippen LogP contribution in [0.15, 0.2) is 0 Å². The van der Waals surface area contributed by atoms with Crippen molar-refractivity contribution in [2.24, 2.45) is 0 Å². The molecular weight excluding hydrogens is 184 g/mol. The molecule has 1 saturated heterocycles. The Hall–Kier alpha value is -0.650. The first-order valence-corrected chi connectivity index (χ1v) is 5.04. The molecule has 1 unspecified atom stereocenters. The van der Waals surface area contributed by atoms with Gasteiger partial charge in [0.15, 0.2) is 0 Å². The van der Waals surface area contributed by atoms with E-state index in [1.54, 1.807) is 0 Å². The van der Waals surface area contributed by atoms with Crippen LogP contribution in [0.1, 0.15) is 12.8 Å². The predicted octanol–water partition coefficient (Wildman–Crippen LogP) is -1.14. The quantitative estimate of drug-likeness (QED) is 0.476. The molecule has 0 spiro atoms. The van der Waals surface area contributed by atoms with Gasteiger partial charge in [0.05, 0.1) is 25.9 Å². The van der Waals surface area contributed by atoms with Crippen LogP contribution in [0, 0.1) is 0 Å². The highest BCUT2D eigenvalue weighted by Crippen LogP contribution is 2.01. The number of aliphatic hydroxyl groups excluding tert-OH is 1. The van der Waals surface area contributed by atoms with Crippen LogP contribution in [0.2, 0.25) is 0 Å². The van der Waals surface area contributed by atoms with Gasteiger partial charge in [-0.2, -0.15) is 0 Å². The zero-order valence-electron chi connectivity index (χ0n) is 8.29. The van der Waals surface area contributed by atoms with Crippen molar-refractivity contribution in [3.63, 3.8) is 0 Å². The molecule has 1 heterocycles. The molecule has 0 aromatic rings. The van der Waals surface area contributed by atoms with Gasteiger partial charge in [0.2, 0.25) is 5.91 Å². The Morgan fingerprint density at radius 1 is 1.57 bits per heavy atom. The van der Waals surface area contributed by atoms with Crippen LogP contribution in [-0.4, -0.2) is 50.0 Å². The van der Waals surface area contributed by atoms with Crippen molar-refractivity contribution in [2.45, 2.75) is 18.9 Å². The van der Waals surface area contributed by atoms with Crippen molar-refractivity contribution in [3.05, 3.63) is 0 Å². The van der Waals surface area contributed by atoms with Crippen molar-refractivity contribution in [3.8, 4) is 0 Å². The van der Waals surface area contributed by atoms with Crippen LogP contribution in [-0.2, 0) is 9.53 Å². The maximum Gasteiger partial charge on any atom is 0.237 e. The lowest BCUT2D eigenvalue weighted by Gasteiger charge is -2.22. The summed E-state index contributed by atoms with van der Waals surface area (Å²) >= 11 is 0. The lowest BCUT2D eigenvalue weighted by atomic mass is 10.1. The molecule has 0 bridgehead atoms. The second-order valence-corrected chi connectivity index (χ2v) is 3.28. The molecule has 1 amide bonds. The van der Waals surface area contributed by atoms with Crippen molar-refractivity contribution >= 4 is 5.91 Å². The fourth-order valence-corrected chi connectivity index (χ4v) is 1.44. The van der Waals surface area contributed by atoms with Gasteiger partial charge in [0, 0.05) is 13.1 Å². The predicted molar refractivity (Wildman–Crippen MR) is 51.9 cm³/mol. The van der Waals surface area contributed by atoms with E-state index in [9.17, 15) is 4.79 Å². The van der Waals surface area contributed by atoms with Crippen LogP contribution in [0.25, 0.3) is 0 Å². The first kappa shape index (κ1) is 11.4. The molecule has 1 aliphatic heterocycles. The molecule has 1 atom stereocenters. The molecule has 0 aromatic carbocycles. The second-order valence-electron chi connectivity index (χ2n) is 3.28. The number of amides is 1. The smallest absolute Gasteiger partial charge is 0.237 e. The Morgan fingerprint density at radius 2 is 2.43 bits per heavy atom. The lowest BCUT2D eigenvalue weighted by molar-refractivity contribution is -0.124. The Balaban J connectivity index is 2.02. The summed E-state index contributed by atoms with van der Waals surface area (Å²) in [6.07, 6.45) is 1.92. The number of hydrogen-bond acceptors (Lipinski definition) is 4. The largest absolute Gasteiger partial charge is 0.394 e. The Morgan fingerprint density at radius 3 is 3.14 bits per heavy atom. The average molecular weight is 202 g/mol. The third-order valence-corrected chi connectivity index (χ3v) is 2.16. The third-order valence-electron chi connectivity index (χ3n) is 2.16. The first-order valence-electron chi connectivity index (χ1n) is 5.04. The van der Waals surface area contributed by atoms with Gasteiger partial charge in [-0.05, 0) is 12.8 Å². The molecular formula is C9H18N2O3. The number of carbonyl (C=O) groups excluding carboxylic acids is 1. The summed E-state index contributed by atoms with van der Waals surface area (Å²) in [4.78, 5) is 11.3. The highest BCUT2D eigenvalue weighted by atomic mass is 16.5. The molecule has 3 N–H and O–H groups in total. The van der Waals surface area contributed by atoms with E-state index in [4.69, 9.17) is 9.84 Å². The summed E-state index contributed by atoms with van der Waals surface area (Å²) in [5.74, 6) is 0.0819. The lowest BCUT2D eigenvalue weighted by Crippen LogP contribution is -2.49. The number of ether oxygens (including phenoxy) is 1. The van der Waals surface area contributed by atoms with Gasteiger partial charge in [-0.15, -0.1) is 0 Å². The van der Waals surface area contributed by atoms with Crippen LogP contribution in [0.4, 0.5) is 0 Å². The molecule has 82 valence electrons. The van der Waals surface area contributed by atoms with E-state index in [1.165, 1.54) is 0 Å². The summed E-state index contributed by atoms with van der Waals surface area (Å²) in [6.45, 7) is 2.38. The Bertz CT molecular complexity index is 175. The normalized spacial score (nSPS) is 22.1. The van der Waals surface area contributed by atoms with Gasteiger partial charge in [0.1, 0.15) is 0 Å². The fraction of sp³-hybridized carbons (Fsp3) is 0.889. The Labute approximate surface area is 83.8 Å². The van der Waals surface area contributed by atoms with Crippen LogP contribution >= 0.6 is 0 Å². The minimum Gasteiger partial charge on any atom is -0.394 e. The van der Waals surface area contributed by atoms with Gasteiger partial charge in [-0.25, -0.2) is 0 Å². The fourth-order valence-electron chi connectivity index (χ4n) is 1.44. The Kier molecular flexibility index (Phi) is 5.51. The molecule has 14 heavy (non-hydrogen) atoms. The van der Waals surface area contributed by atoms with E-state index in [0.717, 1.165) is 19.4 Å². The van der Waals surface area contributed by atoms with Gasteiger partial charge < -0.3 is 20.5 Å². The van der Waals surface area contributed by atoms with E-state index in [0.29, 0.717) is 19.8 Å². The van der Waals surface area contributed by atoms with Crippen LogP contribution in [0.3, 0.4) is 0 Å². The summed E-state index contributed by atoms with van der Waals surface area (Å²) in [5, 5.41) is 14.4. The molecule has 1 aliphatic rings. The van der Waals surface area contributed by atoms with Crippen LogP contribution < -0.4 is 10.6 Å². The molecule has 0 aromatic heterocycles. The maximum atomic E-state index is 11.3. The summed E-state index contributed by atoms with van der Waals surface area (Å²) in [7, 11) is 0. The third kappa shape index (κ3) is 4.04. The standard InChI is InChI=1S/C9H18N2O3/c12-5-7-14-6-4-10-8-2-1-3-11-9(8)13/h8,10,12H,1-7H2,(H,11,13). The number of rotatable bonds is 6. The van der Waals surface area contributed by atoms with E-state index in [1.807, 2.05) is 0 Å². The van der Waals surface area contributed by atoms with E-state index in [-0.39, 0.29) is 18.6 Å². The molecule has 5 nitrogen and oxygen atoms in total. The molecule has 0 saturated carbocycles. The molecule has 1 rings (SSSR count). The zero-order chi connectivity index (χ0) is 10.2. The van der Waals surface area contributed by atoms with E-state index < -0.39 is 0 Å². The monoisotopic (exact) mass is 202 g/mol. The van der Waals surface area contributed by atoms with Crippen molar-refractivity contribution < 1.29 is 14.6 Å². The second kappa shape index (κ2) is 6.75. The maximum absolute atomic E-state index is 11.3. The number of carbonyl (C=O) groups is 1. The molecule has 1 fully saturated rings. The first-order chi connectivity index (χ1) is 6.84. The van der Waals surface area contributed by atoms with Crippen LogP contribution in [0.5, 0.6) is 0 Å². The molecule has 0 aliphatic carbocycles. The zero-order valence-corrected chi connectivity index (χ0v) is 8.29. The summed E-state index contributed by atoms with van der Waals surface area (Å²) in [6, 6.07) is -0.0681. The van der Waals surface area contributed by atoms with Gasteiger partial charge in [-0.3, -0.25) is 4.79 Å². The number of aliphatic hydroxyl groups is 1. The van der Waals surface area contributed by atoms with Crippen molar-refractivity contribution in [1.82, 2.24) is 10.6 Å². The van der Waals surface area contributed by atoms with Crippen molar-refractivity contribution in [1.29, 1.82) is 0 Å². The number of piperidine rings is 1. The molecule has 0 radical (unpaired) electrons. The number of hydrogen-bond donors (Lipinski definition) is 3. The van der Waals surface area contributed by atoms with Gasteiger partial charge >= 0.3 is 0 Å². The van der Waals surface area contributed by atoms with Gasteiger partial charge in [-0.1, -0.05) is 0 Å². The minimum absolute atomic E-state index is 0.0456. The summed E-state index contributed by atoms with van der Waals surface area (Å²) in [5.41, 5.74) is 0. The van der Waals surface area contributed by atoms with Gasteiger partial charge in [0.25, 0.3) is 0 Å².